The fraction of sp³-hybridized carbons (Fsp3) is 0.500. The molecule has 1 heterocycles. The average Bonchev–Trinajstić information content (AvgIpc) is 2.53. The van der Waals surface area contributed by atoms with E-state index in [1.807, 2.05) is 6.92 Å². The summed E-state index contributed by atoms with van der Waals surface area (Å²) in [5.41, 5.74) is 0.634. The van der Waals surface area contributed by atoms with Crippen LogP contribution < -0.4 is 5.32 Å². The van der Waals surface area contributed by atoms with Crippen molar-refractivity contribution >= 4 is 17.5 Å². The Bertz CT molecular complexity index is 535. The summed E-state index contributed by atoms with van der Waals surface area (Å²) in [4.78, 5) is 12.4. The Labute approximate surface area is 130 Å². The Hall–Kier alpha value is -1.57. The molecule has 1 N–H and O–H groups in total. The van der Waals surface area contributed by atoms with Gasteiger partial charge >= 0.3 is 0 Å². The van der Waals surface area contributed by atoms with E-state index in [0.717, 1.165) is 12.8 Å². The number of benzene rings is 1. The van der Waals surface area contributed by atoms with Crippen LogP contribution in [0.5, 0.6) is 0 Å². The molecule has 4 nitrogen and oxygen atoms in total. The highest BCUT2D eigenvalue weighted by Gasteiger charge is 2.28. The minimum absolute atomic E-state index is 0.103. The zero-order valence-electron chi connectivity index (χ0n) is 12.0. The van der Waals surface area contributed by atoms with Crippen LogP contribution in [0.3, 0.4) is 0 Å². The lowest BCUT2D eigenvalue weighted by atomic mass is 9.86. The minimum Gasteiger partial charge on any atom is -0.381 e. The molecule has 0 aromatic heterocycles. The molecule has 1 amide bonds. The molecule has 112 valence electrons. The molecule has 21 heavy (non-hydrogen) atoms. The molecule has 1 aromatic carbocycles. The van der Waals surface area contributed by atoms with Gasteiger partial charge in [0.2, 0.25) is 5.91 Å². The largest absolute Gasteiger partial charge is 0.381 e. The van der Waals surface area contributed by atoms with Gasteiger partial charge in [-0.1, -0.05) is 36.7 Å². The van der Waals surface area contributed by atoms with E-state index in [9.17, 15) is 10.1 Å². The molecular formula is C16H19ClN2O2. The molecule has 1 aliphatic heterocycles. The highest BCUT2D eigenvalue weighted by molar-refractivity contribution is 6.31. The van der Waals surface area contributed by atoms with Crippen LogP contribution in [0.2, 0.25) is 5.02 Å². The number of carbonyl (C=O) groups is 1. The second-order valence-corrected chi connectivity index (χ2v) is 5.74. The number of nitrogens with zero attached hydrogens (tertiary/aromatic N) is 1. The smallest absolute Gasteiger partial charge is 0.224 e. The number of nitriles is 1. The number of halogens is 1. The number of rotatable bonds is 4. The van der Waals surface area contributed by atoms with Crippen LogP contribution in [0.4, 0.5) is 0 Å². The Morgan fingerprint density at radius 3 is 2.71 bits per heavy atom. The summed E-state index contributed by atoms with van der Waals surface area (Å²) in [5.74, 6) is 0.0740. The molecule has 0 aliphatic carbocycles. The second-order valence-electron chi connectivity index (χ2n) is 5.33. The van der Waals surface area contributed by atoms with Crippen molar-refractivity contribution in [3.05, 3.63) is 34.9 Å². The van der Waals surface area contributed by atoms with E-state index in [1.165, 1.54) is 0 Å². The van der Waals surface area contributed by atoms with Gasteiger partial charge in [0, 0.05) is 29.7 Å². The molecular weight excluding hydrogens is 288 g/mol. The van der Waals surface area contributed by atoms with Crippen molar-refractivity contribution in [1.82, 2.24) is 5.32 Å². The van der Waals surface area contributed by atoms with Gasteiger partial charge in [-0.05, 0) is 24.8 Å². The van der Waals surface area contributed by atoms with E-state index >= 15 is 0 Å². The van der Waals surface area contributed by atoms with Crippen LogP contribution in [-0.2, 0) is 9.53 Å². The third-order valence-electron chi connectivity index (χ3n) is 4.02. The second kappa shape index (κ2) is 7.44. The van der Waals surface area contributed by atoms with E-state index in [-0.39, 0.29) is 11.8 Å². The first kappa shape index (κ1) is 15.8. The molecule has 1 saturated heterocycles. The number of hydrogen-bond acceptors (Lipinski definition) is 3. The SMILES string of the molecule is CC(C(=O)NC(C#N)c1ccccc1Cl)C1CCOCC1. The van der Waals surface area contributed by atoms with Crippen molar-refractivity contribution in [2.45, 2.75) is 25.8 Å². The molecule has 1 aliphatic rings. The summed E-state index contributed by atoms with van der Waals surface area (Å²) in [6, 6.07) is 8.47. The van der Waals surface area contributed by atoms with Crippen molar-refractivity contribution in [3.63, 3.8) is 0 Å². The van der Waals surface area contributed by atoms with Crippen LogP contribution in [0.25, 0.3) is 0 Å². The molecule has 1 fully saturated rings. The van der Waals surface area contributed by atoms with Crippen LogP contribution in [-0.4, -0.2) is 19.1 Å². The molecule has 1 aromatic rings. The summed E-state index contributed by atoms with van der Waals surface area (Å²) in [6.45, 7) is 3.31. The third-order valence-corrected chi connectivity index (χ3v) is 4.36. The third kappa shape index (κ3) is 3.96. The van der Waals surface area contributed by atoms with Gasteiger partial charge in [0.05, 0.1) is 6.07 Å². The molecule has 0 radical (unpaired) electrons. The topological polar surface area (TPSA) is 62.1 Å². The van der Waals surface area contributed by atoms with E-state index in [4.69, 9.17) is 16.3 Å². The zero-order valence-corrected chi connectivity index (χ0v) is 12.8. The van der Waals surface area contributed by atoms with Gasteiger partial charge in [-0.2, -0.15) is 5.26 Å². The highest BCUT2D eigenvalue weighted by atomic mass is 35.5. The van der Waals surface area contributed by atoms with E-state index in [2.05, 4.69) is 11.4 Å². The molecule has 2 atom stereocenters. The van der Waals surface area contributed by atoms with Crippen LogP contribution in [0.1, 0.15) is 31.4 Å². The lowest BCUT2D eigenvalue weighted by Gasteiger charge is -2.27. The van der Waals surface area contributed by atoms with Gasteiger partial charge < -0.3 is 10.1 Å². The Kier molecular flexibility index (Phi) is 5.60. The standard InChI is InChI=1S/C16H19ClN2O2/c1-11(12-6-8-21-9-7-12)16(20)19-15(10-18)13-4-2-3-5-14(13)17/h2-5,11-12,15H,6-9H2,1H3,(H,19,20). The predicted molar refractivity (Wildman–Crippen MR) is 80.7 cm³/mol. The van der Waals surface area contributed by atoms with Crippen molar-refractivity contribution in [3.8, 4) is 6.07 Å². The molecule has 0 bridgehead atoms. The summed E-state index contributed by atoms with van der Waals surface area (Å²) in [7, 11) is 0. The Morgan fingerprint density at radius 2 is 2.10 bits per heavy atom. The quantitative estimate of drug-likeness (QED) is 0.930. The van der Waals surface area contributed by atoms with Gasteiger partial charge in [-0.3, -0.25) is 4.79 Å². The molecule has 5 heteroatoms. The van der Waals surface area contributed by atoms with Gasteiger partial charge in [0.1, 0.15) is 6.04 Å². The number of amides is 1. The fourth-order valence-electron chi connectivity index (χ4n) is 2.59. The van der Waals surface area contributed by atoms with Crippen molar-refractivity contribution in [2.75, 3.05) is 13.2 Å². The van der Waals surface area contributed by atoms with Gasteiger partial charge in [0.25, 0.3) is 0 Å². The van der Waals surface area contributed by atoms with Crippen molar-refractivity contribution < 1.29 is 9.53 Å². The summed E-state index contributed by atoms with van der Waals surface area (Å²) >= 11 is 6.09. The van der Waals surface area contributed by atoms with E-state index in [0.29, 0.717) is 29.7 Å². The Morgan fingerprint density at radius 1 is 1.43 bits per heavy atom. The Balaban J connectivity index is 2.03. The molecule has 2 rings (SSSR count). The lowest BCUT2D eigenvalue weighted by Crippen LogP contribution is -2.37. The maximum absolute atomic E-state index is 12.4. The van der Waals surface area contributed by atoms with Gasteiger partial charge in [0.15, 0.2) is 0 Å². The zero-order chi connectivity index (χ0) is 15.2. The summed E-state index contributed by atoms with van der Waals surface area (Å²) < 4.78 is 5.32. The maximum Gasteiger partial charge on any atom is 0.224 e. The number of hydrogen-bond donors (Lipinski definition) is 1. The monoisotopic (exact) mass is 306 g/mol. The first-order valence-corrected chi connectivity index (χ1v) is 7.53. The number of ether oxygens (including phenoxy) is 1. The first-order chi connectivity index (χ1) is 10.1. The fourth-order valence-corrected chi connectivity index (χ4v) is 2.84. The summed E-state index contributed by atoms with van der Waals surface area (Å²) in [5, 5.41) is 12.6. The number of carbonyl (C=O) groups excluding carboxylic acids is 1. The lowest BCUT2D eigenvalue weighted by molar-refractivity contribution is -0.127. The van der Waals surface area contributed by atoms with Gasteiger partial charge in [-0.15, -0.1) is 0 Å². The first-order valence-electron chi connectivity index (χ1n) is 7.15. The summed E-state index contributed by atoms with van der Waals surface area (Å²) in [6.07, 6.45) is 1.77. The average molecular weight is 307 g/mol. The highest BCUT2D eigenvalue weighted by Crippen LogP contribution is 2.26. The van der Waals surface area contributed by atoms with E-state index in [1.54, 1.807) is 24.3 Å². The minimum atomic E-state index is -0.714. The van der Waals surface area contributed by atoms with Crippen LogP contribution in [0.15, 0.2) is 24.3 Å². The van der Waals surface area contributed by atoms with Crippen LogP contribution >= 0.6 is 11.6 Å². The van der Waals surface area contributed by atoms with Crippen molar-refractivity contribution in [1.29, 1.82) is 5.26 Å². The molecule has 0 spiro atoms. The predicted octanol–water partition coefficient (Wildman–Crippen LogP) is 3.08. The normalized spacial score (nSPS) is 18.5. The number of nitrogens with one attached hydrogen (secondary N) is 1. The van der Waals surface area contributed by atoms with Gasteiger partial charge in [-0.25, -0.2) is 0 Å². The molecule has 2 unspecified atom stereocenters. The van der Waals surface area contributed by atoms with E-state index < -0.39 is 6.04 Å². The maximum atomic E-state index is 12.4. The van der Waals surface area contributed by atoms with Crippen LogP contribution in [0, 0.1) is 23.2 Å². The van der Waals surface area contributed by atoms with Crippen molar-refractivity contribution in [2.24, 2.45) is 11.8 Å². The molecule has 0 saturated carbocycles.